The van der Waals surface area contributed by atoms with E-state index in [-0.39, 0.29) is 18.5 Å². The maximum absolute atomic E-state index is 13.0. The number of carbonyl (C=O) groups excluding carboxylic acids is 1. The van der Waals surface area contributed by atoms with E-state index in [1.54, 1.807) is 20.2 Å². The van der Waals surface area contributed by atoms with E-state index in [9.17, 15) is 4.79 Å². The first-order valence-corrected chi connectivity index (χ1v) is 12.0. The number of hydrogen-bond acceptors (Lipinski definition) is 5. The number of fused-ring (bicyclic) bond motifs is 1. The summed E-state index contributed by atoms with van der Waals surface area (Å²) >= 11 is 0. The van der Waals surface area contributed by atoms with Crippen LogP contribution in [0.3, 0.4) is 0 Å². The molecule has 2 fully saturated rings. The molecule has 2 aliphatic rings. The number of Topliss-reactive ketones (excluding diaryl/α,β-unsaturated/α-hetero) is 1. The summed E-state index contributed by atoms with van der Waals surface area (Å²) in [6.07, 6.45) is 13.2. The molecular formula is C26H37NO4. The summed E-state index contributed by atoms with van der Waals surface area (Å²) in [5, 5.41) is 1.01. The van der Waals surface area contributed by atoms with Crippen molar-refractivity contribution in [2.24, 2.45) is 17.8 Å². The van der Waals surface area contributed by atoms with E-state index in [0.717, 1.165) is 53.5 Å². The predicted octanol–water partition coefficient (Wildman–Crippen LogP) is 5.88. The second-order valence-electron chi connectivity index (χ2n) is 9.81. The van der Waals surface area contributed by atoms with Gasteiger partial charge in [0.1, 0.15) is 23.7 Å². The molecule has 2 saturated carbocycles. The van der Waals surface area contributed by atoms with Crippen molar-refractivity contribution >= 4 is 16.8 Å². The van der Waals surface area contributed by atoms with Gasteiger partial charge in [-0.15, -0.1) is 0 Å². The first kappa shape index (κ1) is 22.5. The Bertz CT molecular complexity index is 883. The van der Waals surface area contributed by atoms with Crippen molar-refractivity contribution in [1.82, 2.24) is 4.98 Å². The van der Waals surface area contributed by atoms with Gasteiger partial charge in [0.05, 0.1) is 5.69 Å². The van der Waals surface area contributed by atoms with Crippen molar-refractivity contribution in [3.05, 3.63) is 29.8 Å². The normalized spacial score (nSPS) is 19.8. The SMILES string of the molecule is COCOC(Cc1nccc2oc(CCC3CC3)cc12)(C(C)=O)C(C)CCC1CCC1. The van der Waals surface area contributed by atoms with Gasteiger partial charge in [0.2, 0.25) is 0 Å². The van der Waals surface area contributed by atoms with Gasteiger partial charge in [0, 0.05) is 31.5 Å². The molecule has 2 aromatic heterocycles. The fourth-order valence-corrected chi connectivity index (χ4v) is 4.94. The quantitative estimate of drug-likeness (QED) is 0.374. The Morgan fingerprint density at radius 3 is 2.68 bits per heavy atom. The number of rotatable bonds is 13. The number of carbonyl (C=O) groups is 1. The molecule has 2 unspecified atom stereocenters. The highest BCUT2D eigenvalue weighted by atomic mass is 16.7. The Hall–Kier alpha value is -1.72. The van der Waals surface area contributed by atoms with Crippen molar-refractivity contribution in [2.45, 2.75) is 83.7 Å². The minimum atomic E-state index is -0.938. The molecule has 0 bridgehead atoms. The second-order valence-corrected chi connectivity index (χ2v) is 9.81. The molecule has 0 N–H and O–H groups in total. The summed E-state index contributed by atoms with van der Waals surface area (Å²) in [6, 6.07) is 4.05. The molecule has 2 aliphatic carbocycles. The maximum Gasteiger partial charge on any atom is 0.162 e. The van der Waals surface area contributed by atoms with Gasteiger partial charge in [0.15, 0.2) is 5.78 Å². The first-order chi connectivity index (χ1) is 15.0. The number of methoxy groups -OCH3 is 1. The highest BCUT2D eigenvalue weighted by molar-refractivity contribution is 5.87. The molecule has 0 aliphatic heterocycles. The van der Waals surface area contributed by atoms with Crippen LogP contribution in [0.25, 0.3) is 11.0 Å². The molecular weight excluding hydrogens is 390 g/mol. The molecule has 0 amide bonds. The van der Waals surface area contributed by atoms with E-state index < -0.39 is 5.60 Å². The Kier molecular flexibility index (Phi) is 7.12. The summed E-state index contributed by atoms with van der Waals surface area (Å²) in [7, 11) is 1.60. The van der Waals surface area contributed by atoms with Crippen LogP contribution in [0.4, 0.5) is 0 Å². The van der Waals surface area contributed by atoms with Crippen LogP contribution < -0.4 is 0 Å². The van der Waals surface area contributed by atoms with Gasteiger partial charge in [-0.3, -0.25) is 9.78 Å². The van der Waals surface area contributed by atoms with Crippen molar-refractivity contribution < 1.29 is 18.7 Å². The lowest BCUT2D eigenvalue weighted by Crippen LogP contribution is -2.49. The van der Waals surface area contributed by atoms with Crippen LogP contribution in [0.1, 0.15) is 76.7 Å². The van der Waals surface area contributed by atoms with Gasteiger partial charge in [-0.05, 0) is 49.7 Å². The summed E-state index contributed by atoms with van der Waals surface area (Å²) in [5.74, 6) is 2.82. The molecule has 2 heterocycles. The van der Waals surface area contributed by atoms with Gasteiger partial charge in [-0.1, -0.05) is 45.4 Å². The fourth-order valence-electron chi connectivity index (χ4n) is 4.94. The third kappa shape index (κ3) is 5.20. The van der Waals surface area contributed by atoms with Gasteiger partial charge in [-0.2, -0.15) is 0 Å². The van der Waals surface area contributed by atoms with Crippen LogP contribution in [0.5, 0.6) is 0 Å². The molecule has 31 heavy (non-hydrogen) atoms. The third-order valence-electron chi connectivity index (χ3n) is 7.56. The molecule has 2 aromatic rings. The zero-order valence-electron chi connectivity index (χ0n) is 19.3. The molecule has 0 spiro atoms. The zero-order valence-corrected chi connectivity index (χ0v) is 19.3. The summed E-state index contributed by atoms with van der Waals surface area (Å²) in [4.78, 5) is 17.7. The van der Waals surface area contributed by atoms with E-state index in [1.807, 2.05) is 6.07 Å². The number of nitrogens with zero attached hydrogens (tertiary/aromatic N) is 1. The molecule has 170 valence electrons. The number of ketones is 1. The van der Waals surface area contributed by atoms with Crippen molar-refractivity contribution in [1.29, 1.82) is 0 Å². The van der Waals surface area contributed by atoms with Crippen LogP contribution in [0.2, 0.25) is 0 Å². The monoisotopic (exact) mass is 427 g/mol. The lowest BCUT2D eigenvalue weighted by atomic mass is 9.74. The van der Waals surface area contributed by atoms with Gasteiger partial charge < -0.3 is 13.9 Å². The summed E-state index contributed by atoms with van der Waals surface area (Å²) in [6.45, 7) is 3.89. The number of pyridine rings is 1. The standard InChI is InChI=1S/C26H37NO4/c1-18(7-8-20-5-4-6-20)26(19(2)28,30-17-29-3)16-24-23-15-22(12-11-21-9-10-21)31-25(23)13-14-27-24/h13-15,18,20-21H,4-12,16-17H2,1-3H3. The number of aryl methyl sites for hydroxylation is 1. The van der Waals surface area contributed by atoms with Gasteiger partial charge >= 0.3 is 0 Å². The van der Waals surface area contributed by atoms with Crippen LogP contribution in [0.15, 0.2) is 22.7 Å². The Balaban J connectivity index is 1.58. The molecule has 4 rings (SSSR count). The average molecular weight is 428 g/mol. The molecule has 0 saturated heterocycles. The van der Waals surface area contributed by atoms with Crippen LogP contribution in [0, 0.1) is 17.8 Å². The average Bonchev–Trinajstić information content (AvgIpc) is 3.45. The van der Waals surface area contributed by atoms with E-state index in [0.29, 0.717) is 6.42 Å². The predicted molar refractivity (Wildman–Crippen MR) is 121 cm³/mol. The Labute approximate surface area is 185 Å². The molecule has 2 atom stereocenters. The number of hydrogen-bond donors (Lipinski definition) is 0. The van der Waals surface area contributed by atoms with E-state index in [4.69, 9.17) is 13.9 Å². The number of furan rings is 1. The number of aromatic nitrogens is 1. The van der Waals surface area contributed by atoms with E-state index in [2.05, 4.69) is 18.0 Å². The third-order valence-corrected chi connectivity index (χ3v) is 7.56. The van der Waals surface area contributed by atoms with Crippen molar-refractivity contribution in [3.63, 3.8) is 0 Å². The van der Waals surface area contributed by atoms with E-state index >= 15 is 0 Å². The topological polar surface area (TPSA) is 61.6 Å². The number of ether oxygens (including phenoxy) is 2. The lowest BCUT2D eigenvalue weighted by molar-refractivity contribution is -0.174. The molecule has 0 radical (unpaired) electrons. The summed E-state index contributed by atoms with van der Waals surface area (Å²) < 4.78 is 17.5. The lowest BCUT2D eigenvalue weighted by Gasteiger charge is -2.38. The van der Waals surface area contributed by atoms with E-state index in [1.165, 1.54) is 38.5 Å². The highest BCUT2D eigenvalue weighted by Gasteiger charge is 2.43. The maximum atomic E-state index is 13.0. The smallest absolute Gasteiger partial charge is 0.162 e. The fraction of sp³-hybridized carbons (Fsp3) is 0.692. The minimum absolute atomic E-state index is 0.0434. The highest BCUT2D eigenvalue weighted by Crippen LogP contribution is 2.38. The Morgan fingerprint density at radius 2 is 2.03 bits per heavy atom. The Morgan fingerprint density at radius 1 is 1.26 bits per heavy atom. The molecule has 5 heteroatoms. The van der Waals surface area contributed by atoms with Gasteiger partial charge in [-0.25, -0.2) is 0 Å². The van der Waals surface area contributed by atoms with Crippen LogP contribution >= 0.6 is 0 Å². The van der Waals surface area contributed by atoms with Gasteiger partial charge in [0.25, 0.3) is 0 Å². The van der Waals surface area contributed by atoms with Crippen molar-refractivity contribution in [3.8, 4) is 0 Å². The van der Waals surface area contributed by atoms with Crippen LogP contribution in [-0.4, -0.2) is 30.3 Å². The zero-order chi connectivity index (χ0) is 21.8. The van der Waals surface area contributed by atoms with Crippen molar-refractivity contribution in [2.75, 3.05) is 13.9 Å². The minimum Gasteiger partial charge on any atom is -0.461 e. The largest absolute Gasteiger partial charge is 0.461 e. The van der Waals surface area contributed by atoms with Crippen LogP contribution in [-0.2, 0) is 27.1 Å². The first-order valence-electron chi connectivity index (χ1n) is 12.0. The molecule has 5 nitrogen and oxygen atoms in total. The molecule has 0 aromatic carbocycles. The second kappa shape index (κ2) is 9.83. The summed E-state index contributed by atoms with van der Waals surface area (Å²) in [5.41, 5.74) is 0.787.